The van der Waals surface area contributed by atoms with Crippen molar-refractivity contribution in [2.24, 2.45) is 0 Å². The van der Waals surface area contributed by atoms with Gasteiger partial charge in [0.05, 0.1) is 12.2 Å². The zero-order chi connectivity index (χ0) is 12.6. The first-order chi connectivity index (χ1) is 7.99. The van der Waals surface area contributed by atoms with E-state index in [0.29, 0.717) is 23.4 Å². The molecule has 1 aromatic rings. The molecule has 1 aliphatic rings. The molecule has 0 saturated heterocycles. The normalized spacial score (nSPS) is 13.2. The maximum atomic E-state index is 11.5. The molecule has 0 radical (unpaired) electrons. The van der Waals surface area contributed by atoms with E-state index in [1.807, 2.05) is 0 Å². The molecule has 2 amide bonds. The molecule has 1 aromatic heterocycles. The van der Waals surface area contributed by atoms with Crippen LogP contribution in [0.15, 0.2) is 6.07 Å². The van der Waals surface area contributed by atoms with E-state index in [4.69, 9.17) is 16.7 Å². The third-order valence-electron chi connectivity index (χ3n) is 2.56. The Hall–Kier alpha value is -1.82. The van der Waals surface area contributed by atoms with Crippen LogP contribution >= 0.6 is 11.6 Å². The van der Waals surface area contributed by atoms with Gasteiger partial charge in [0.1, 0.15) is 5.15 Å². The Morgan fingerprint density at radius 2 is 2.41 bits per heavy atom. The molecule has 0 fully saturated rings. The van der Waals surface area contributed by atoms with Crippen LogP contribution in [-0.2, 0) is 13.1 Å². The number of pyridine rings is 1. The minimum Gasteiger partial charge on any atom is -0.465 e. The molecule has 0 aliphatic carbocycles. The number of nitrogens with zero attached hydrogens (tertiary/aromatic N) is 2. The summed E-state index contributed by atoms with van der Waals surface area (Å²) in [6.07, 6.45) is -1.06. The van der Waals surface area contributed by atoms with E-state index in [1.165, 1.54) is 13.1 Å². The summed E-state index contributed by atoms with van der Waals surface area (Å²) in [6.45, 7) is 0.467. The van der Waals surface area contributed by atoms with Crippen molar-refractivity contribution < 1.29 is 14.7 Å². The maximum Gasteiger partial charge on any atom is 0.407 e. The Morgan fingerprint density at radius 3 is 3.06 bits per heavy atom. The first-order valence-corrected chi connectivity index (χ1v) is 5.27. The molecule has 0 spiro atoms. The number of fused-ring (bicyclic) bond motifs is 1. The molecule has 2 N–H and O–H groups in total. The number of nitrogens with one attached hydrogen (secondary N) is 1. The number of carboxylic acid groups (broad SMARTS) is 1. The highest BCUT2D eigenvalue weighted by Gasteiger charge is 2.24. The van der Waals surface area contributed by atoms with Crippen LogP contribution in [0.2, 0.25) is 5.15 Å². The van der Waals surface area contributed by atoms with Gasteiger partial charge in [-0.05, 0) is 6.07 Å². The van der Waals surface area contributed by atoms with Gasteiger partial charge in [-0.2, -0.15) is 0 Å². The summed E-state index contributed by atoms with van der Waals surface area (Å²) >= 11 is 5.80. The lowest BCUT2D eigenvalue weighted by Gasteiger charge is -2.14. The summed E-state index contributed by atoms with van der Waals surface area (Å²) in [5.41, 5.74) is 1.70. The molecule has 0 bridgehead atoms. The molecule has 1 aliphatic heterocycles. The smallest absolute Gasteiger partial charge is 0.407 e. The van der Waals surface area contributed by atoms with Crippen molar-refractivity contribution in [2.45, 2.75) is 13.1 Å². The Labute approximate surface area is 102 Å². The topological polar surface area (TPSA) is 82.5 Å². The van der Waals surface area contributed by atoms with E-state index in [1.54, 1.807) is 0 Å². The second-order valence-electron chi connectivity index (χ2n) is 3.74. The summed E-state index contributed by atoms with van der Waals surface area (Å²) in [4.78, 5) is 27.4. The predicted molar refractivity (Wildman–Crippen MR) is 59.9 cm³/mol. The van der Waals surface area contributed by atoms with E-state index in [9.17, 15) is 9.59 Å². The largest absolute Gasteiger partial charge is 0.465 e. The van der Waals surface area contributed by atoms with Crippen molar-refractivity contribution in [3.8, 4) is 0 Å². The van der Waals surface area contributed by atoms with Gasteiger partial charge < -0.3 is 15.3 Å². The van der Waals surface area contributed by atoms with Gasteiger partial charge in [0, 0.05) is 24.7 Å². The molecular weight excluding hydrogens is 246 g/mol. The van der Waals surface area contributed by atoms with E-state index in [0.717, 1.165) is 4.90 Å². The molecule has 0 aromatic carbocycles. The molecule has 0 atom stereocenters. The summed E-state index contributed by atoms with van der Waals surface area (Å²) in [5, 5.41) is 11.6. The Morgan fingerprint density at radius 1 is 1.71 bits per heavy atom. The number of hydrogen-bond acceptors (Lipinski definition) is 3. The van der Waals surface area contributed by atoms with Gasteiger partial charge in [-0.1, -0.05) is 11.6 Å². The van der Waals surface area contributed by atoms with E-state index < -0.39 is 6.09 Å². The van der Waals surface area contributed by atoms with Crippen molar-refractivity contribution in [2.75, 3.05) is 7.05 Å². The van der Waals surface area contributed by atoms with E-state index >= 15 is 0 Å². The average Bonchev–Trinajstić information content (AvgIpc) is 2.60. The van der Waals surface area contributed by atoms with Gasteiger partial charge in [-0.25, -0.2) is 9.78 Å². The Balaban J connectivity index is 2.38. The highest BCUT2D eigenvalue weighted by molar-refractivity contribution is 6.29. The first-order valence-electron chi connectivity index (χ1n) is 4.89. The van der Waals surface area contributed by atoms with Gasteiger partial charge in [-0.3, -0.25) is 4.79 Å². The number of halogens is 1. The molecule has 2 rings (SSSR count). The third-order valence-corrected chi connectivity index (χ3v) is 2.76. The van der Waals surface area contributed by atoms with Crippen LogP contribution in [0, 0.1) is 0 Å². The summed E-state index contributed by atoms with van der Waals surface area (Å²) in [5.74, 6) is -0.205. The van der Waals surface area contributed by atoms with Crippen molar-refractivity contribution in [3.63, 3.8) is 0 Å². The van der Waals surface area contributed by atoms with Crippen LogP contribution in [0.4, 0.5) is 4.79 Å². The van der Waals surface area contributed by atoms with Crippen molar-refractivity contribution in [1.82, 2.24) is 15.2 Å². The molecule has 0 unspecified atom stereocenters. The predicted octanol–water partition coefficient (Wildman–Crippen LogP) is 1.09. The van der Waals surface area contributed by atoms with Crippen molar-refractivity contribution in [1.29, 1.82) is 0 Å². The van der Waals surface area contributed by atoms with Gasteiger partial charge in [0.25, 0.3) is 5.91 Å². The van der Waals surface area contributed by atoms with Crippen LogP contribution in [0.5, 0.6) is 0 Å². The fraction of sp³-hybridized carbons (Fsp3) is 0.300. The quantitative estimate of drug-likeness (QED) is 0.775. The standard InChI is InChI=1S/C10H10ClN3O3/c1-14(10(16)17)4-7-6-3-12-9(15)5(6)2-8(11)13-7/h2H,3-4H2,1H3,(H,12,15)(H,16,17). The lowest BCUT2D eigenvalue weighted by molar-refractivity contribution is 0.0965. The molecule has 2 heterocycles. The number of hydrogen-bond donors (Lipinski definition) is 2. The van der Waals surface area contributed by atoms with Crippen LogP contribution in [0.25, 0.3) is 0 Å². The van der Waals surface area contributed by atoms with Crippen LogP contribution in [-0.4, -0.2) is 34.0 Å². The summed E-state index contributed by atoms with van der Waals surface area (Å²) < 4.78 is 0. The average molecular weight is 256 g/mol. The minimum absolute atomic E-state index is 0.104. The van der Waals surface area contributed by atoms with Crippen LogP contribution in [0.1, 0.15) is 21.6 Å². The zero-order valence-corrected chi connectivity index (χ0v) is 9.78. The van der Waals surface area contributed by atoms with Crippen molar-refractivity contribution in [3.05, 3.63) is 28.0 Å². The van der Waals surface area contributed by atoms with Gasteiger partial charge in [-0.15, -0.1) is 0 Å². The lowest BCUT2D eigenvalue weighted by atomic mass is 10.1. The summed E-state index contributed by atoms with van der Waals surface area (Å²) in [6, 6.07) is 1.49. The van der Waals surface area contributed by atoms with E-state index in [2.05, 4.69) is 10.3 Å². The highest BCUT2D eigenvalue weighted by Crippen LogP contribution is 2.22. The molecular formula is C10H10ClN3O3. The minimum atomic E-state index is -1.06. The first kappa shape index (κ1) is 11.7. The van der Waals surface area contributed by atoms with Gasteiger partial charge in [0.15, 0.2) is 0 Å². The molecule has 90 valence electrons. The number of carbonyl (C=O) groups excluding carboxylic acids is 1. The Kier molecular flexibility index (Phi) is 2.89. The Bertz CT molecular complexity index is 504. The van der Waals surface area contributed by atoms with Gasteiger partial charge in [0.2, 0.25) is 0 Å². The maximum absolute atomic E-state index is 11.5. The fourth-order valence-electron chi connectivity index (χ4n) is 1.68. The second kappa shape index (κ2) is 4.21. The van der Waals surface area contributed by atoms with Crippen molar-refractivity contribution >= 4 is 23.6 Å². The lowest BCUT2D eigenvalue weighted by Crippen LogP contribution is -2.25. The number of aromatic nitrogens is 1. The summed E-state index contributed by atoms with van der Waals surface area (Å²) in [7, 11) is 1.43. The van der Waals surface area contributed by atoms with Gasteiger partial charge >= 0.3 is 6.09 Å². The highest BCUT2D eigenvalue weighted by atomic mass is 35.5. The van der Waals surface area contributed by atoms with Crippen LogP contribution < -0.4 is 5.32 Å². The number of amides is 2. The SMILES string of the molecule is CN(Cc1nc(Cl)cc2c1CNC2=O)C(=O)O. The van der Waals surface area contributed by atoms with Crippen LogP contribution in [0.3, 0.4) is 0 Å². The molecule has 17 heavy (non-hydrogen) atoms. The molecule has 0 saturated carbocycles. The zero-order valence-electron chi connectivity index (χ0n) is 9.03. The monoisotopic (exact) mass is 255 g/mol. The molecule has 7 heteroatoms. The number of carbonyl (C=O) groups is 2. The number of rotatable bonds is 2. The third kappa shape index (κ3) is 2.16. The second-order valence-corrected chi connectivity index (χ2v) is 4.13. The fourth-order valence-corrected chi connectivity index (χ4v) is 1.89. The van der Waals surface area contributed by atoms with E-state index in [-0.39, 0.29) is 17.6 Å². The molecule has 6 nitrogen and oxygen atoms in total.